The quantitative estimate of drug-likeness (QED) is 0.542. The molecule has 0 fully saturated rings. The minimum atomic E-state index is -3.78. The zero-order chi connectivity index (χ0) is 22.7. The van der Waals surface area contributed by atoms with Gasteiger partial charge in [-0.15, -0.1) is 0 Å². The molecule has 0 saturated heterocycles. The lowest BCUT2D eigenvalue weighted by molar-refractivity contribution is 0.0994. The fourth-order valence-corrected chi connectivity index (χ4v) is 4.75. The first-order chi connectivity index (χ1) is 15.4. The van der Waals surface area contributed by atoms with Gasteiger partial charge < -0.3 is 9.73 Å². The Labute approximate surface area is 187 Å². The molecule has 32 heavy (non-hydrogen) atoms. The summed E-state index contributed by atoms with van der Waals surface area (Å²) in [5.41, 5.74) is 3.72. The fourth-order valence-electron chi connectivity index (χ4n) is 3.89. The lowest BCUT2D eigenvalue weighted by atomic mass is 9.93. The van der Waals surface area contributed by atoms with Gasteiger partial charge in [0.15, 0.2) is 5.76 Å². The number of furan rings is 1. The van der Waals surface area contributed by atoms with Crippen molar-refractivity contribution in [1.29, 1.82) is 0 Å². The van der Waals surface area contributed by atoms with Gasteiger partial charge in [0.05, 0.1) is 10.6 Å². The van der Waals surface area contributed by atoms with E-state index in [0.717, 1.165) is 24.1 Å². The van der Waals surface area contributed by atoms with Crippen molar-refractivity contribution in [1.82, 2.24) is 4.83 Å². The Kier molecular flexibility index (Phi) is 6.14. The predicted octanol–water partition coefficient (Wildman–Crippen LogP) is 4.42. The molecule has 1 aliphatic rings. The van der Waals surface area contributed by atoms with Gasteiger partial charge in [0.2, 0.25) is 0 Å². The number of amides is 1. The van der Waals surface area contributed by atoms with Crippen molar-refractivity contribution in [2.45, 2.75) is 44.4 Å². The van der Waals surface area contributed by atoms with Gasteiger partial charge in [0.25, 0.3) is 15.9 Å². The number of rotatable bonds is 6. The standard InChI is InChI=1S/C24H25N3O4S/c1-3-17-10-7-8-13-19(17)25-24(28)23-16(2)22-20(14-9-15-21(22)31-23)26-27-32(29,30)18-11-5-4-6-12-18/h4-8,10-13,27H,3,9,14-15H2,1-2H3,(H,25,28)/b26-20+. The van der Waals surface area contributed by atoms with E-state index in [1.807, 2.05) is 31.2 Å². The van der Waals surface area contributed by atoms with E-state index in [1.165, 1.54) is 12.1 Å². The zero-order valence-corrected chi connectivity index (χ0v) is 18.8. The molecule has 8 heteroatoms. The first-order valence-electron chi connectivity index (χ1n) is 10.6. The van der Waals surface area contributed by atoms with Gasteiger partial charge in [-0.1, -0.05) is 43.3 Å². The third-order valence-corrected chi connectivity index (χ3v) is 6.76. The second-order valence-electron chi connectivity index (χ2n) is 7.64. The SMILES string of the molecule is CCc1ccccc1NC(=O)c1oc2c(c1C)/C(=N/NS(=O)(=O)c1ccccc1)CCC2. The molecule has 1 aliphatic carbocycles. The van der Waals surface area contributed by atoms with Crippen molar-refractivity contribution < 1.29 is 17.6 Å². The Hall–Kier alpha value is -3.39. The van der Waals surface area contributed by atoms with E-state index in [1.54, 1.807) is 25.1 Å². The molecule has 1 aromatic heterocycles. The Morgan fingerprint density at radius 2 is 1.78 bits per heavy atom. The molecule has 1 amide bonds. The number of nitrogens with zero attached hydrogens (tertiary/aromatic N) is 1. The molecule has 2 N–H and O–H groups in total. The Morgan fingerprint density at radius 1 is 1.06 bits per heavy atom. The van der Waals surface area contributed by atoms with E-state index in [2.05, 4.69) is 15.2 Å². The monoisotopic (exact) mass is 451 g/mol. The Balaban J connectivity index is 1.62. The van der Waals surface area contributed by atoms with Gasteiger partial charge in [-0.2, -0.15) is 18.4 Å². The number of hydrazone groups is 1. The van der Waals surface area contributed by atoms with Crippen LogP contribution in [0.25, 0.3) is 0 Å². The third-order valence-electron chi connectivity index (χ3n) is 5.53. The van der Waals surface area contributed by atoms with E-state index < -0.39 is 10.0 Å². The highest BCUT2D eigenvalue weighted by Gasteiger charge is 2.28. The van der Waals surface area contributed by atoms with Crippen molar-refractivity contribution in [3.8, 4) is 0 Å². The summed E-state index contributed by atoms with van der Waals surface area (Å²) >= 11 is 0. The van der Waals surface area contributed by atoms with Crippen LogP contribution in [0.2, 0.25) is 0 Å². The number of carbonyl (C=O) groups excluding carboxylic acids is 1. The molecular formula is C24H25N3O4S. The summed E-state index contributed by atoms with van der Waals surface area (Å²) in [6, 6.07) is 15.7. The number of hydrogen-bond donors (Lipinski definition) is 2. The van der Waals surface area contributed by atoms with E-state index >= 15 is 0 Å². The highest BCUT2D eigenvalue weighted by atomic mass is 32.2. The summed E-state index contributed by atoms with van der Waals surface area (Å²) in [4.78, 5) is 15.4. The molecule has 0 atom stereocenters. The van der Waals surface area contributed by atoms with E-state index in [9.17, 15) is 13.2 Å². The van der Waals surface area contributed by atoms with Crippen LogP contribution in [0.5, 0.6) is 0 Å². The van der Waals surface area contributed by atoms with Crippen LogP contribution in [-0.4, -0.2) is 20.0 Å². The summed E-state index contributed by atoms with van der Waals surface area (Å²) in [7, 11) is -3.78. The molecule has 0 spiro atoms. The Morgan fingerprint density at radius 3 is 2.53 bits per heavy atom. The van der Waals surface area contributed by atoms with Gasteiger partial charge in [-0.05, 0) is 49.9 Å². The molecule has 3 aromatic rings. The first-order valence-corrected chi connectivity index (χ1v) is 12.0. The van der Waals surface area contributed by atoms with Crippen LogP contribution in [0.1, 0.15) is 52.8 Å². The number of anilines is 1. The van der Waals surface area contributed by atoms with Gasteiger partial charge >= 0.3 is 0 Å². The lowest BCUT2D eigenvalue weighted by Gasteiger charge is -2.14. The lowest BCUT2D eigenvalue weighted by Crippen LogP contribution is -2.22. The van der Waals surface area contributed by atoms with Gasteiger partial charge in [0.1, 0.15) is 5.76 Å². The molecule has 0 saturated carbocycles. The molecule has 0 bridgehead atoms. The van der Waals surface area contributed by atoms with Crippen LogP contribution in [-0.2, 0) is 22.9 Å². The van der Waals surface area contributed by atoms with E-state index in [0.29, 0.717) is 35.4 Å². The summed E-state index contributed by atoms with van der Waals surface area (Å²) in [6.07, 6.45) is 2.80. The van der Waals surface area contributed by atoms with Gasteiger partial charge in [0, 0.05) is 23.2 Å². The topological polar surface area (TPSA) is 101 Å². The average Bonchev–Trinajstić information content (AvgIpc) is 3.16. The fraction of sp³-hybridized carbons (Fsp3) is 0.250. The van der Waals surface area contributed by atoms with Crippen molar-refractivity contribution >= 4 is 27.3 Å². The number of benzene rings is 2. The zero-order valence-electron chi connectivity index (χ0n) is 18.0. The largest absolute Gasteiger partial charge is 0.455 e. The normalized spacial score (nSPS) is 14.8. The molecule has 4 rings (SSSR count). The molecule has 7 nitrogen and oxygen atoms in total. The summed E-state index contributed by atoms with van der Waals surface area (Å²) in [5, 5.41) is 7.14. The van der Waals surface area contributed by atoms with Crippen molar-refractivity contribution in [2.24, 2.45) is 5.10 Å². The second kappa shape index (κ2) is 9.00. The molecule has 166 valence electrons. The van der Waals surface area contributed by atoms with Gasteiger partial charge in [-0.25, -0.2) is 0 Å². The van der Waals surface area contributed by atoms with Crippen LogP contribution in [0.4, 0.5) is 5.69 Å². The number of hydrogen-bond acceptors (Lipinski definition) is 5. The maximum absolute atomic E-state index is 13.0. The van der Waals surface area contributed by atoms with Gasteiger partial charge in [-0.3, -0.25) is 4.79 Å². The minimum Gasteiger partial charge on any atom is -0.455 e. The molecular weight excluding hydrogens is 426 g/mol. The summed E-state index contributed by atoms with van der Waals surface area (Å²) < 4.78 is 31.0. The number of para-hydroxylation sites is 1. The first kappa shape index (κ1) is 21.8. The van der Waals surface area contributed by atoms with E-state index in [-0.39, 0.29) is 16.6 Å². The summed E-state index contributed by atoms with van der Waals surface area (Å²) in [6.45, 7) is 3.83. The number of sulfonamides is 1. The van der Waals surface area contributed by atoms with Crippen LogP contribution >= 0.6 is 0 Å². The van der Waals surface area contributed by atoms with E-state index in [4.69, 9.17) is 4.42 Å². The minimum absolute atomic E-state index is 0.138. The number of fused-ring (bicyclic) bond motifs is 1. The highest BCUT2D eigenvalue weighted by molar-refractivity contribution is 7.89. The number of nitrogens with one attached hydrogen (secondary N) is 2. The Bertz CT molecular complexity index is 1280. The summed E-state index contributed by atoms with van der Waals surface area (Å²) in [5.74, 6) is 0.545. The molecule has 2 aromatic carbocycles. The van der Waals surface area contributed by atoms with Crippen LogP contribution in [0.3, 0.4) is 0 Å². The maximum atomic E-state index is 13.0. The highest BCUT2D eigenvalue weighted by Crippen LogP contribution is 2.30. The number of aryl methyl sites for hydroxylation is 2. The smallest absolute Gasteiger partial charge is 0.291 e. The van der Waals surface area contributed by atoms with Crippen LogP contribution in [0.15, 0.2) is 69.0 Å². The molecule has 0 unspecified atom stereocenters. The van der Waals surface area contributed by atoms with Crippen LogP contribution in [0, 0.1) is 6.92 Å². The van der Waals surface area contributed by atoms with Crippen molar-refractivity contribution in [3.05, 3.63) is 82.8 Å². The van der Waals surface area contributed by atoms with Crippen molar-refractivity contribution in [3.63, 3.8) is 0 Å². The maximum Gasteiger partial charge on any atom is 0.291 e. The third kappa shape index (κ3) is 4.31. The molecule has 0 radical (unpaired) electrons. The van der Waals surface area contributed by atoms with Crippen molar-refractivity contribution in [2.75, 3.05) is 5.32 Å². The second-order valence-corrected chi connectivity index (χ2v) is 9.30. The molecule has 1 heterocycles. The average molecular weight is 452 g/mol. The number of carbonyl (C=O) groups is 1. The van der Waals surface area contributed by atoms with Crippen LogP contribution < -0.4 is 10.1 Å². The predicted molar refractivity (Wildman–Crippen MR) is 123 cm³/mol. The molecule has 0 aliphatic heterocycles.